The molecule has 1 nitrogen and oxygen atoms in total. The molecule has 1 aromatic carbocycles. The minimum atomic E-state index is -1.36. The lowest BCUT2D eigenvalue weighted by Crippen LogP contribution is -2.40. The van der Waals surface area contributed by atoms with Gasteiger partial charge < -0.3 is 4.42 Å². The number of rotatable bonds is 2. The molecule has 1 aliphatic carbocycles. The van der Waals surface area contributed by atoms with Gasteiger partial charge in [-0.05, 0) is 23.6 Å². The van der Waals surface area contributed by atoms with Gasteiger partial charge in [-0.1, -0.05) is 50.0 Å². The molecule has 0 saturated carbocycles. The van der Waals surface area contributed by atoms with Crippen LogP contribution in [0.4, 0.5) is 0 Å². The predicted molar refractivity (Wildman–Crippen MR) is 79.1 cm³/mol. The summed E-state index contributed by atoms with van der Waals surface area (Å²) in [6, 6.07) is 10.6. The van der Waals surface area contributed by atoms with Crippen LogP contribution in [0, 0.1) is 0 Å². The number of hydrogen-bond donors (Lipinski definition) is 0. The molecule has 0 N–H and O–H groups in total. The van der Waals surface area contributed by atoms with Crippen molar-refractivity contribution < 1.29 is 4.42 Å². The molecule has 1 heterocycles. The highest BCUT2D eigenvalue weighted by atomic mass is 28.3. The van der Waals surface area contributed by atoms with Crippen LogP contribution in [0.15, 0.2) is 34.7 Å². The van der Waals surface area contributed by atoms with E-state index in [2.05, 4.69) is 50.0 Å². The first-order valence-corrected chi connectivity index (χ1v) is 10.3. The third-order valence-electron chi connectivity index (χ3n) is 3.71. The van der Waals surface area contributed by atoms with Crippen LogP contribution >= 0.6 is 0 Å². The Balaban J connectivity index is 2.22. The summed E-state index contributed by atoms with van der Waals surface area (Å²) in [6.07, 6.45) is 3.60. The van der Waals surface area contributed by atoms with E-state index in [0.717, 1.165) is 12.2 Å². The van der Waals surface area contributed by atoms with Crippen LogP contribution in [0.25, 0.3) is 11.3 Å². The first-order chi connectivity index (χ1) is 8.57. The van der Waals surface area contributed by atoms with Gasteiger partial charge in [-0.25, -0.2) is 0 Å². The fraction of sp³-hybridized carbons (Fsp3) is 0.375. The lowest BCUT2D eigenvalue weighted by atomic mass is 10.1. The molecule has 94 valence electrons. The Morgan fingerprint density at radius 3 is 2.39 bits per heavy atom. The number of benzene rings is 1. The zero-order valence-electron chi connectivity index (χ0n) is 11.4. The molecule has 3 rings (SSSR count). The van der Waals surface area contributed by atoms with Crippen LogP contribution in [0.3, 0.4) is 0 Å². The maximum Gasteiger partial charge on any atom is 0.133 e. The highest BCUT2D eigenvalue weighted by Crippen LogP contribution is 2.32. The van der Waals surface area contributed by atoms with Crippen molar-refractivity contribution in [2.75, 3.05) is 0 Å². The second kappa shape index (κ2) is 4.13. The van der Waals surface area contributed by atoms with Gasteiger partial charge in [0, 0.05) is 12.0 Å². The molecule has 0 aliphatic heterocycles. The highest BCUT2D eigenvalue weighted by molar-refractivity contribution is 6.90. The average Bonchev–Trinajstić information content (AvgIpc) is 2.87. The van der Waals surface area contributed by atoms with Crippen LogP contribution < -0.4 is 5.19 Å². The molecule has 0 fully saturated rings. The second-order valence-corrected chi connectivity index (χ2v) is 11.2. The normalized spacial score (nSPS) is 14.8. The van der Waals surface area contributed by atoms with Crippen molar-refractivity contribution in [3.63, 3.8) is 0 Å². The molecule has 0 bridgehead atoms. The van der Waals surface area contributed by atoms with Crippen LogP contribution in [-0.4, -0.2) is 8.07 Å². The van der Waals surface area contributed by atoms with Crippen LogP contribution in [-0.2, 0) is 12.8 Å². The molecule has 0 radical (unpaired) electrons. The summed E-state index contributed by atoms with van der Waals surface area (Å²) in [5.41, 5.74) is 2.78. The van der Waals surface area contributed by atoms with Gasteiger partial charge in [-0.3, -0.25) is 0 Å². The van der Waals surface area contributed by atoms with Gasteiger partial charge in [0.05, 0.1) is 8.07 Å². The summed E-state index contributed by atoms with van der Waals surface area (Å²) in [5.74, 6) is 2.41. The Labute approximate surface area is 110 Å². The molecular weight excluding hydrogens is 236 g/mol. The summed E-state index contributed by atoms with van der Waals surface area (Å²) in [4.78, 5) is 0. The largest absolute Gasteiger partial charge is 0.461 e. The van der Waals surface area contributed by atoms with E-state index in [1.54, 1.807) is 5.19 Å². The summed E-state index contributed by atoms with van der Waals surface area (Å²) in [5, 5.41) is 1.56. The number of aryl methyl sites for hydroxylation is 1. The first kappa shape index (κ1) is 11.8. The Morgan fingerprint density at radius 1 is 1.00 bits per heavy atom. The van der Waals surface area contributed by atoms with Crippen molar-refractivity contribution in [3.8, 4) is 11.3 Å². The van der Waals surface area contributed by atoms with Crippen molar-refractivity contribution in [1.29, 1.82) is 0 Å². The molecule has 0 spiro atoms. The third kappa shape index (κ3) is 1.85. The van der Waals surface area contributed by atoms with E-state index in [4.69, 9.17) is 4.42 Å². The number of fused-ring (bicyclic) bond motifs is 1. The second-order valence-electron chi connectivity index (χ2n) is 6.18. The minimum absolute atomic E-state index is 1.12. The molecule has 18 heavy (non-hydrogen) atoms. The molecular formula is C16H20OSi. The lowest BCUT2D eigenvalue weighted by Gasteiger charge is -2.18. The molecule has 0 amide bonds. The van der Waals surface area contributed by atoms with Gasteiger partial charge in [0.15, 0.2) is 0 Å². The van der Waals surface area contributed by atoms with E-state index < -0.39 is 8.07 Å². The van der Waals surface area contributed by atoms with Gasteiger partial charge >= 0.3 is 0 Å². The topological polar surface area (TPSA) is 13.1 Å². The zero-order valence-corrected chi connectivity index (χ0v) is 12.4. The maximum atomic E-state index is 6.20. The number of furan rings is 1. The maximum absolute atomic E-state index is 6.20. The third-order valence-corrected chi connectivity index (χ3v) is 5.74. The van der Waals surface area contributed by atoms with Crippen molar-refractivity contribution >= 4 is 13.3 Å². The van der Waals surface area contributed by atoms with Crippen LogP contribution in [0.1, 0.15) is 17.7 Å². The predicted octanol–water partition coefficient (Wildman–Crippen LogP) is 3.98. The van der Waals surface area contributed by atoms with E-state index in [1.165, 1.54) is 29.7 Å². The minimum Gasteiger partial charge on any atom is -0.461 e. The molecule has 1 aromatic heterocycles. The van der Waals surface area contributed by atoms with Crippen molar-refractivity contribution in [3.05, 3.63) is 41.7 Å². The van der Waals surface area contributed by atoms with E-state index in [-0.39, 0.29) is 0 Å². The first-order valence-electron chi connectivity index (χ1n) is 6.78. The highest BCUT2D eigenvalue weighted by Gasteiger charge is 2.32. The van der Waals surface area contributed by atoms with Gasteiger partial charge in [-0.2, -0.15) is 0 Å². The summed E-state index contributed by atoms with van der Waals surface area (Å²) < 4.78 is 6.20. The summed E-state index contributed by atoms with van der Waals surface area (Å²) >= 11 is 0. The van der Waals surface area contributed by atoms with E-state index >= 15 is 0 Å². The van der Waals surface area contributed by atoms with Crippen LogP contribution in [0.5, 0.6) is 0 Å². The molecule has 2 heteroatoms. The van der Waals surface area contributed by atoms with Crippen molar-refractivity contribution in [2.24, 2.45) is 0 Å². The lowest BCUT2D eigenvalue weighted by molar-refractivity contribution is 0.530. The standard InChI is InChI=1S/C16H20OSi/c1-18(2,3)16-13-10-7-11-14(13)17-15(16)12-8-5-4-6-9-12/h4-6,8-9H,7,10-11H2,1-3H3. The molecule has 2 aromatic rings. The summed E-state index contributed by atoms with van der Waals surface area (Å²) in [7, 11) is -1.36. The van der Waals surface area contributed by atoms with Crippen LogP contribution in [0.2, 0.25) is 19.6 Å². The SMILES string of the molecule is C[Si](C)(C)c1c(-c2ccccc2)oc2c1CCC2. The molecule has 0 unspecified atom stereocenters. The fourth-order valence-electron chi connectivity index (χ4n) is 2.99. The molecule has 0 atom stereocenters. The van der Waals surface area contributed by atoms with Gasteiger partial charge in [0.25, 0.3) is 0 Å². The Morgan fingerprint density at radius 2 is 1.72 bits per heavy atom. The Kier molecular flexibility index (Phi) is 2.70. The Bertz CT molecular complexity index is 561. The smallest absolute Gasteiger partial charge is 0.133 e. The molecule has 0 saturated heterocycles. The average molecular weight is 256 g/mol. The Hall–Kier alpha value is -1.28. The van der Waals surface area contributed by atoms with Crippen molar-refractivity contribution in [2.45, 2.75) is 38.9 Å². The monoisotopic (exact) mass is 256 g/mol. The number of hydrogen-bond acceptors (Lipinski definition) is 1. The van der Waals surface area contributed by atoms with Gasteiger partial charge in [0.1, 0.15) is 11.5 Å². The van der Waals surface area contributed by atoms with E-state index in [1.807, 2.05) is 0 Å². The quantitative estimate of drug-likeness (QED) is 0.741. The zero-order chi connectivity index (χ0) is 12.8. The van der Waals surface area contributed by atoms with E-state index in [9.17, 15) is 0 Å². The van der Waals surface area contributed by atoms with Gasteiger partial charge in [-0.15, -0.1) is 0 Å². The summed E-state index contributed by atoms with van der Waals surface area (Å²) in [6.45, 7) is 7.26. The van der Waals surface area contributed by atoms with Gasteiger partial charge in [0.2, 0.25) is 0 Å². The van der Waals surface area contributed by atoms with Crippen molar-refractivity contribution in [1.82, 2.24) is 0 Å². The van der Waals surface area contributed by atoms with E-state index in [0.29, 0.717) is 0 Å². The molecule has 1 aliphatic rings. The fourth-order valence-corrected chi connectivity index (χ4v) is 5.04.